The van der Waals surface area contributed by atoms with Crippen LogP contribution in [0, 0.1) is 0 Å². The van der Waals surface area contributed by atoms with Gasteiger partial charge in [-0.1, -0.05) is 0 Å². The van der Waals surface area contributed by atoms with Crippen molar-refractivity contribution in [2.75, 3.05) is 38.2 Å². The number of hydrogen-bond acceptors (Lipinski definition) is 9. The van der Waals surface area contributed by atoms with Gasteiger partial charge in [0.15, 0.2) is 0 Å². The largest absolute Gasteiger partial charge is 0.465 e. The van der Waals surface area contributed by atoms with Gasteiger partial charge >= 0.3 is 18.0 Å². The molecule has 0 aliphatic carbocycles. The molecule has 0 unspecified atom stereocenters. The number of hydrogen-bond donors (Lipinski definition) is 2. The van der Waals surface area contributed by atoms with E-state index in [-0.39, 0.29) is 25.5 Å². The molecular weight excluding hydrogens is 492 g/mol. The second kappa shape index (κ2) is 12.9. The number of anilines is 1. The molecule has 0 radical (unpaired) electrons. The number of esters is 2. The van der Waals surface area contributed by atoms with E-state index in [4.69, 9.17) is 19.9 Å². The molecule has 11 nitrogen and oxygen atoms in total. The minimum absolute atomic E-state index is 0.0176. The summed E-state index contributed by atoms with van der Waals surface area (Å²) in [7, 11) is 1.30. The maximum absolute atomic E-state index is 12.4. The van der Waals surface area contributed by atoms with Crippen LogP contribution in [0.2, 0.25) is 0 Å². The molecule has 11 heteroatoms. The number of methoxy groups -OCH3 is 1. The average Bonchev–Trinajstić information content (AvgIpc) is 2.81. The number of ether oxygens (including phenoxy) is 3. The Hall–Kier alpha value is -3.34. The summed E-state index contributed by atoms with van der Waals surface area (Å²) in [6, 6.07) is 4.56. The van der Waals surface area contributed by atoms with E-state index < -0.39 is 35.1 Å². The van der Waals surface area contributed by atoms with Gasteiger partial charge in [-0.2, -0.15) is 0 Å². The molecule has 3 N–H and O–H groups in total. The van der Waals surface area contributed by atoms with Crippen LogP contribution < -0.4 is 16.0 Å². The lowest BCUT2D eigenvalue weighted by molar-refractivity contribution is -0.155. The number of nitrogens with one attached hydrogen (secondary N) is 1. The highest BCUT2D eigenvalue weighted by molar-refractivity contribution is 5.91. The highest BCUT2D eigenvalue weighted by Crippen LogP contribution is 2.23. The van der Waals surface area contributed by atoms with Crippen molar-refractivity contribution >= 4 is 29.6 Å². The van der Waals surface area contributed by atoms with Crippen LogP contribution in [0.3, 0.4) is 0 Å². The van der Waals surface area contributed by atoms with Crippen LogP contribution in [0.5, 0.6) is 0 Å². The number of benzene rings is 1. The second-order valence-corrected chi connectivity index (χ2v) is 11.2. The van der Waals surface area contributed by atoms with Crippen LogP contribution in [0.25, 0.3) is 0 Å². The third-order valence-corrected chi connectivity index (χ3v) is 5.73. The molecule has 1 heterocycles. The number of rotatable bonds is 9. The zero-order valence-electron chi connectivity index (χ0n) is 23.6. The summed E-state index contributed by atoms with van der Waals surface area (Å²) in [5, 5.41) is 3.07. The van der Waals surface area contributed by atoms with Crippen molar-refractivity contribution in [2.45, 2.75) is 78.2 Å². The zero-order chi connectivity index (χ0) is 28.7. The summed E-state index contributed by atoms with van der Waals surface area (Å²) in [4.78, 5) is 52.7. The molecule has 1 aliphatic heterocycles. The normalized spacial score (nSPS) is 15.0. The van der Waals surface area contributed by atoms with E-state index in [0.717, 1.165) is 5.69 Å². The Balaban J connectivity index is 2.10. The number of piperazine rings is 1. The van der Waals surface area contributed by atoms with Gasteiger partial charge in [-0.15, -0.1) is 0 Å². The number of nitrogens with zero attached hydrogens (tertiary/aromatic N) is 2. The lowest BCUT2D eigenvalue weighted by Gasteiger charge is -2.37. The van der Waals surface area contributed by atoms with Crippen molar-refractivity contribution < 1.29 is 33.4 Å². The van der Waals surface area contributed by atoms with E-state index in [2.05, 4.69) is 10.2 Å². The van der Waals surface area contributed by atoms with Crippen molar-refractivity contribution in [3.8, 4) is 0 Å². The predicted octanol–water partition coefficient (Wildman–Crippen LogP) is 2.60. The van der Waals surface area contributed by atoms with Crippen molar-refractivity contribution in [1.29, 1.82) is 0 Å². The SMILES string of the molecule is COC(=O)c1ccc(N2CCN(C(=O)OC(C)(C)C)CC2)cc1CN[C@@H](CCC(=O)OC(C)(C)C)C(N)=O. The van der Waals surface area contributed by atoms with E-state index in [1.807, 2.05) is 32.9 Å². The topological polar surface area (TPSA) is 140 Å². The summed E-state index contributed by atoms with van der Waals surface area (Å²) < 4.78 is 15.7. The fourth-order valence-electron chi connectivity index (χ4n) is 3.94. The first-order valence-electron chi connectivity index (χ1n) is 12.8. The summed E-state index contributed by atoms with van der Waals surface area (Å²) in [6.07, 6.45) is -0.166. The third-order valence-electron chi connectivity index (χ3n) is 5.73. The summed E-state index contributed by atoms with van der Waals surface area (Å²) >= 11 is 0. The number of nitrogens with two attached hydrogens (primary N) is 1. The van der Waals surface area contributed by atoms with Crippen LogP contribution in [0.4, 0.5) is 10.5 Å². The van der Waals surface area contributed by atoms with Gasteiger partial charge in [0.25, 0.3) is 0 Å². The minimum atomic E-state index is -0.797. The molecule has 1 aromatic rings. The number of amides is 2. The predicted molar refractivity (Wildman–Crippen MR) is 143 cm³/mol. The number of primary amides is 1. The fraction of sp³-hybridized carbons (Fsp3) is 0.630. The number of carbonyl (C=O) groups is 4. The van der Waals surface area contributed by atoms with E-state index in [1.165, 1.54) is 7.11 Å². The van der Waals surface area contributed by atoms with Gasteiger partial charge in [0.05, 0.1) is 18.7 Å². The lowest BCUT2D eigenvalue weighted by atomic mass is 10.0. The molecule has 1 atom stereocenters. The molecule has 0 saturated carbocycles. The first-order chi connectivity index (χ1) is 17.6. The number of carbonyl (C=O) groups excluding carboxylic acids is 4. The molecule has 2 amide bonds. The van der Waals surface area contributed by atoms with E-state index in [0.29, 0.717) is 37.3 Å². The molecule has 0 bridgehead atoms. The molecule has 0 spiro atoms. The van der Waals surface area contributed by atoms with Gasteiger partial charge < -0.3 is 35.1 Å². The smallest absolute Gasteiger partial charge is 0.410 e. The second-order valence-electron chi connectivity index (χ2n) is 11.2. The molecule has 1 fully saturated rings. The highest BCUT2D eigenvalue weighted by atomic mass is 16.6. The highest BCUT2D eigenvalue weighted by Gasteiger charge is 2.27. The molecular formula is C27H42N4O7. The van der Waals surface area contributed by atoms with Crippen LogP contribution in [0.15, 0.2) is 18.2 Å². The molecule has 1 aromatic carbocycles. The Labute approximate surface area is 224 Å². The first-order valence-corrected chi connectivity index (χ1v) is 12.8. The van der Waals surface area contributed by atoms with Crippen LogP contribution in [-0.4, -0.2) is 79.4 Å². The van der Waals surface area contributed by atoms with Gasteiger partial charge in [0, 0.05) is 44.8 Å². The van der Waals surface area contributed by atoms with E-state index in [9.17, 15) is 19.2 Å². The molecule has 212 valence electrons. The zero-order valence-corrected chi connectivity index (χ0v) is 23.6. The van der Waals surface area contributed by atoms with Crippen LogP contribution >= 0.6 is 0 Å². The summed E-state index contributed by atoms with van der Waals surface area (Å²) in [5.41, 5.74) is 6.22. The Morgan fingerprint density at radius 1 is 0.974 bits per heavy atom. The fourth-order valence-corrected chi connectivity index (χ4v) is 3.94. The Morgan fingerprint density at radius 2 is 1.58 bits per heavy atom. The van der Waals surface area contributed by atoms with Crippen LogP contribution in [0.1, 0.15) is 70.3 Å². The van der Waals surface area contributed by atoms with E-state index >= 15 is 0 Å². The van der Waals surface area contributed by atoms with Gasteiger partial charge in [0.2, 0.25) is 5.91 Å². The van der Waals surface area contributed by atoms with Gasteiger partial charge in [-0.25, -0.2) is 9.59 Å². The van der Waals surface area contributed by atoms with Crippen molar-refractivity contribution in [3.05, 3.63) is 29.3 Å². The van der Waals surface area contributed by atoms with Gasteiger partial charge in [0.1, 0.15) is 11.2 Å². The monoisotopic (exact) mass is 534 g/mol. The molecule has 0 aromatic heterocycles. The molecule has 1 aliphatic rings. The van der Waals surface area contributed by atoms with Gasteiger partial charge in [-0.3, -0.25) is 9.59 Å². The average molecular weight is 535 g/mol. The Morgan fingerprint density at radius 3 is 2.11 bits per heavy atom. The molecule has 2 rings (SSSR count). The van der Waals surface area contributed by atoms with Gasteiger partial charge in [-0.05, 0) is 71.7 Å². The van der Waals surface area contributed by atoms with Crippen molar-refractivity contribution in [2.24, 2.45) is 5.73 Å². The first kappa shape index (κ1) is 30.9. The van der Waals surface area contributed by atoms with Crippen molar-refractivity contribution in [3.63, 3.8) is 0 Å². The van der Waals surface area contributed by atoms with E-state index in [1.54, 1.807) is 31.7 Å². The van der Waals surface area contributed by atoms with Crippen molar-refractivity contribution in [1.82, 2.24) is 10.2 Å². The summed E-state index contributed by atoms with van der Waals surface area (Å²) in [6.45, 7) is 13.1. The maximum Gasteiger partial charge on any atom is 0.410 e. The standard InChI is InChI=1S/C27H42N4O7/c1-26(2,3)37-22(32)11-10-21(23(28)33)29-17-18-16-19(8-9-20(18)24(34)36-7)30-12-14-31(15-13-30)25(35)38-27(4,5)6/h8-9,16,21,29H,10-15,17H2,1-7H3,(H2,28,33)/t21-/m0/s1. The maximum atomic E-state index is 12.4. The quantitative estimate of drug-likeness (QED) is 0.361. The minimum Gasteiger partial charge on any atom is -0.465 e. The lowest BCUT2D eigenvalue weighted by Crippen LogP contribution is -2.50. The Kier molecular flexibility index (Phi) is 10.5. The third kappa shape index (κ3) is 9.85. The molecule has 1 saturated heterocycles. The summed E-state index contributed by atoms with van der Waals surface area (Å²) in [5.74, 6) is -1.54. The Bertz CT molecular complexity index is 1010. The molecule has 38 heavy (non-hydrogen) atoms. The van der Waals surface area contributed by atoms with Crippen LogP contribution in [-0.2, 0) is 30.3 Å².